The molecule has 0 aliphatic carbocycles. The van der Waals surface area contributed by atoms with Crippen molar-refractivity contribution in [3.8, 4) is 0 Å². The summed E-state index contributed by atoms with van der Waals surface area (Å²) >= 11 is 0. The van der Waals surface area contributed by atoms with E-state index in [2.05, 4.69) is 51.5 Å². The predicted octanol–water partition coefficient (Wildman–Crippen LogP) is 3.36. The van der Waals surface area contributed by atoms with Gasteiger partial charge in [0.05, 0.1) is 12.2 Å². The van der Waals surface area contributed by atoms with Gasteiger partial charge in [-0.3, -0.25) is 20.3 Å². The van der Waals surface area contributed by atoms with Gasteiger partial charge in [-0.25, -0.2) is 0 Å². The Bertz CT molecular complexity index is 768. The number of aromatic nitrogens is 2. The Hall–Kier alpha value is -2.59. The molecule has 2 heterocycles. The van der Waals surface area contributed by atoms with E-state index < -0.39 is 0 Å². The number of benzene rings is 1. The maximum absolute atomic E-state index is 4.39. The number of pyridine rings is 2. The lowest BCUT2D eigenvalue weighted by molar-refractivity contribution is 0.590. The summed E-state index contributed by atoms with van der Waals surface area (Å²) in [4.78, 5) is 12.7. The maximum atomic E-state index is 4.39. The highest BCUT2D eigenvalue weighted by atomic mass is 15.0. The Morgan fingerprint density at radius 1 is 1.14 bits per heavy atom. The van der Waals surface area contributed by atoms with Gasteiger partial charge in [0.1, 0.15) is 0 Å². The molecular weight excluding hydrogens is 272 g/mol. The number of nitrogens with zero attached hydrogens (tertiary/aromatic N) is 3. The normalized spacial score (nSPS) is 12.8. The van der Waals surface area contributed by atoms with E-state index in [4.69, 9.17) is 0 Å². The second-order valence-corrected chi connectivity index (χ2v) is 5.13. The SMILES string of the molecule is CC(NC/N=C/c1ccncc1)c1ccc2ncccc2c1. The molecule has 0 fully saturated rings. The molecule has 3 rings (SSSR count). The van der Waals surface area contributed by atoms with Crippen LogP contribution in [0.3, 0.4) is 0 Å². The van der Waals surface area contributed by atoms with Crippen molar-refractivity contribution in [1.82, 2.24) is 15.3 Å². The summed E-state index contributed by atoms with van der Waals surface area (Å²) in [6, 6.07) is 14.5. The highest BCUT2D eigenvalue weighted by Gasteiger charge is 2.04. The number of hydrogen-bond acceptors (Lipinski definition) is 4. The van der Waals surface area contributed by atoms with Crippen molar-refractivity contribution in [3.63, 3.8) is 0 Å². The van der Waals surface area contributed by atoms with Crippen LogP contribution >= 0.6 is 0 Å². The second-order valence-electron chi connectivity index (χ2n) is 5.13. The highest BCUT2D eigenvalue weighted by molar-refractivity contribution is 5.79. The molecule has 22 heavy (non-hydrogen) atoms. The van der Waals surface area contributed by atoms with Gasteiger partial charge in [0.2, 0.25) is 0 Å². The first-order chi connectivity index (χ1) is 10.8. The Morgan fingerprint density at radius 2 is 2.00 bits per heavy atom. The molecule has 0 spiro atoms. The minimum absolute atomic E-state index is 0.235. The van der Waals surface area contributed by atoms with Gasteiger partial charge in [0.25, 0.3) is 0 Å². The van der Waals surface area contributed by atoms with Gasteiger partial charge >= 0.3 is 0 Å². The predicted molar refractivity (Wildman–Crippen MR) is 90.0 cm³/mol. The fraction of sp³-hybridized carbons (Fsp3) is 0.167. The van der Waals surface area contributed by atoms with Crippen LogP contribution < -0.4 is 5.32 Å². The summed E-state index contributed by atoms with van der Waals surface area (Å²) in [6.45, 7) is 2.72. The first kappa shape index (κ1) is 14.4. The number of aliphatic imine (C=N–C) groups is 1. The van der Waals surface area contributed by atoms with Crippen LogP contribution in [0.4, 0.5) is 0 Å². The van der Waals surface area contributed by atoms with E-state index in [0.717, 1.165) is 16.5 Å². The lowest BCUT2D eigenvalue weighted by atomic mass is 10.1. The number of hydrogen-bond donors (Lipinski definition) is 1. The van der Waals surface area contributed by atoms with Gasteiger partial charge in [0.15, 0.2) is 0 Å². The van der Waals surface area contributed by atoms with Crippen LogP contribution in [0.15, 0.2) is 66.0 Å². The molecule has 4 nitrogen and oxygen atoms in total. The van der Waals surface area contributed by atoms with E-state index in [9.17, 15) is 0 Å². The van der Waals surface area contributed by atoms with Gasteiger partial charge in [-0.2, -0.15) is 0 Å². The first-order valence-corrected chi connectivity index (χ1v) is 7.31. The van der Waals surface area contributed by atoms with Crippen LogP contribution in [0.25, 0.3) is 10.9 Å². The molecule has 0 amide bonds. The zero-order valence-corrected chi connectivity index (χ0v) is 12.5. The summed E-state index contributed by atoms with van der Waals surface area (Å²) < 4.78 is 0. The molecule has 0 saturated carbocycles. The largest absolute Gasteiger partial charge is 0.292 e. The average molecular weight is 290 g/mol. The van der Waals surface area contributed by atoms with E-state index >= 15 is 0 Å². The lowest BCUT2D eigenvalue weighted by Crippen LogP contribution is -2.18. The third-order valence-electron chi connectivity index (χ3n) is 3.56. The zero-order valence-electron chi connectivity index (χ0n) is 12.5. The summed E-state index contributed by atoms with van der Waals surface area (Å²) in [5.41, 5.74) is 3.31. The smallest absolute Gasteiger partial charge is 0.0889 e. The minimum atomic E-state index is 0.235. The molecule has 0 saturated heterocycles. The summed E-state index contributed by atoms with van der Waals surface area (Å²) in [5, 5.41) is 4.56. The van der Waals surface area contributed by atoms with E-state index in [-0.39, 0.29) is 6.04 Å². The molecular formula is C18H18N4. The quantitative estimate of drug-likeness (QED) is 0.733. The molecule has 0 bridgehead atoms. The highest BCUT2D eigenvalue weighted by Crippen LogP contribution is 2.18. The topological polar surface area (TPSA) is 50.2 Å². The maximum Gasteiger partial charge on any atom is 0.0889 e. The molecule has 1 unspecified atom stereocenters. The molecule has 3 aromatic rings. The van der Waals surface area contributed by atoms with Gasteiger partial charge < -0.3 is 0 Å². The second kappa shape index (κ2) is 6.91. The number of nitrogens with one attached hydrogen (secondary N) is 1. The van der Waals surface area contributed by atoms with E-state index in [1.165, 1.54) is 5.56 Å². The fourth-order valence-corrected chi connectivity index (χ4v) is 2.27. The Morgan fingerprint density at radius 3 is 2.86 bits per heavy atom. The van der Waals surface area contributed by atoms with Crippen LogP contribution in [0.5, 0.6) is 0 Å². The van der Waals surface area contributed by atoms with Crippen molar-refractivity contribution in [1.29, 1.82) is 0 Å². The Balaban J connectivity index is 1.61. The summed E-state index contributed by atoms with van der Waals surface area (Å²) in [5.74, 6) is 0. The minimum Gasteiger partial charge on any atom is -0.292 e. The molecule has 110 valence electrons. The van der Waals surface area contributed by atoms with Gasteiger partial charge in [-0.05, 0) is 48.4 Å². The molecule has 0 aliphatic heterocycles. The summed E-state index contributed by atoms with van der Waals surface area (Å²) in [6.07, 6.45) is 7.20. The van der Waals surface area contributed by atoms with Gasteiger partial charge in [0, 0.05) is 36.2 Å². The van der Waals surface area contributed by atoms with Crippen molar-refractivity contribution in [2.45, 2.75) is 13.0 Å². The van der Waals surface area contributed by atoms with E-state index in [1.807, 2.05) is 30.6 Å². The zero-order chi connectivity index (χ0) is 15.2. The Kier molecular flexibility index (Phi) is 4.51. The molecule has 0 aliphatic rings. The average Bonchev–Trinajstić information content (AvgIpc) is 2.59. The molecule has 2 aromatic heterocycles. The van der Waals surface area contributed by atoms with Crippen LogP contribution in [0.1, 0.15) is 24.1 Å². The van der Waals surface area contributed by atoms with Crippen LogP contribution in [0, 0.1) is 0 Å². The van der Waals surface area contributed by atoms with Crippen molar-refractivity contribution >= 4 is 17.1 Å². The molecule has 1 atom stereocenters. The lowest BCUT2D eigenvalue weighted by Gasteiger charge is -2.13. The summed E-state index contributed by atoms with van der Waals surface area (Å²) in [7, 11) is 0. The molecule has 1 aromatic carbocycles. The van der Waals surface area contributed by atoms with Crippen molar-refractivity contribution in [2.24, 2.45) is 4.99 Å². The number of rotatable bonds is 5. The van der Waals surface area contributed by atoms with Crippen molar-refractivity contribution in [3.05, 3.63) is 72.2 Å². The standard InChI is InChI=1S/C18H18N4/c1-14(22-13-20-12-15-6-9-19-10-7-15)16-4-5-18-17(11-16)3-2-8-21-18/h2-12,14,22H,13H2,1H3/b20-12+. The van der Waals surface area contributed by atoms with Crippen molar-refractivity contribution < 1.29 is 0 Å². The fourth-order valence-electron chi connectivity index (χ4n) is 2.27. The van der Waals surface area contributed by atoms with Crippen LogP contribution in [-0.4, -0.2) is 22.9 Å². The van der Waals surface area contributed by atoms with Crippen molar-refractivity contribution in [2.75, 3.05) is 6.67 Å². The van der Waals surface area contributed by atoms with Gasteiger partial charge in [-0.15, -0.1) is 0 Å². The van der Waals surface area contributed by atoms with E-state index in [1.54, 1.807) is 12.4 Å². The number of fused-ring (bicyclic) bond motifs is 1. The molecule has 0 radical (unpaired) electrons. The Labute approximate surface area is 130 Å². The molecule has 1 N–H and O–H groups in total. The third kappa shape index (κ3) is 3.54. The monoisotopic (exact) mass is 290 g/mol. The molecule has 4 heteroatoms. The van der Waals surface area contributed by atoms with Gasteiger partial charge in [-0.1, -0.05) is 12.1 Å². The first-order valence-electron chi connectivity index (χ1n) is 7.31. The van der Waals surface area contributed by atoms with Crippen LogP contribution in [-0.2, 0) is 0 Å². The van der Waals surface area contributed by atoms with E-state index in [0.29, 0.717) is 6.67 Å². The van der Waals surface area contributed by atoms with Crippen LogP contribution in [0.2, 0.25) is 0 Å². The third-order valence-corrected chi connectivity index (χ3v) is 3.56.